The van der Waals surface area contributed by atoms with Crippen LogP contribution in [0.4, 0.5) is 4.39 Å². The number of nitrogens with one attached hydrogen (secondary N) is 2. The van der Waals surface area contributed by atoms with Gasteiger partial charge in [-0.2, -0.15) is 0 Å². The molecule has 2 aromatic rings. The van der Waals surface area contributed by atoms with E-state index in [0.717, 1.165) is 19.4 Å². The van der Waals surface area contributed by atoms with Crippen LogP contribution < -0.4 is 10.6 Å². The summed E-state index contributed by atoms with van der Waals surface area (Å²) in [6.45, 7) is 1.05. The van der Waals surface area contributed by atoms with E-state index in [0.29, 0.717) is 11.5 Å². The molecule has 0 saturated carbocycles. The van der Waals surface area contributed by atoms with Crippen LogP contribution in [-0.4, -0.2) is 17.4 Å². The highest BCUT2D eigenvalue weighted by Crippen LogP contribution is 2.22. The molecule has 1 aromatic carbocycles. The maximum absolute atomic E-state index is 13.5. The van der Waals surface area contributed by atoms with Gasteiger partial charge in [0.25, 0.3) is 5.91 Å². The van der Waals surface area contributed by atoms with E-state index < -0.39 is 0 Å². The first-order chi connectivity index (χ1) is 10.2. The number of amides is 1. The monoisotopic (exact) mass is 289 g/mol. The van der Waals surface area contributed by atoms with Crippen molar-refractivity contribution in [3.8, 4) is 0 Å². The van der Waals surface area contributed by atoms with E-state index in [4.69, 9.17) is 4.42 Å². The highest BCUT2D eigenvalue weighted by atomic mass is 19.1. The summed E-state index contributed by atoms with van der Waals surface area (Å²) in [7, 11) is 0. The zero-order valence-electron chi connectivity index (χ0n) is 11.4. The first-order valence-corrected chi connectivity index (χ1v) is 6.94. The fourth-order valence-corrected chi connectivity index (χ4v) is 2.36. The third-order valence-electron chi connectivity index (χ3n) is 3.51. The van der Waals surface area contributed by atoms with Gasteiger partial charge < -0.3 is 15.1 Å². The van der Waals surface area contributed by atoms with Crippen LogP contribution in [0.1, 0.15) is 40.8 Å². The van der Waals surface area contributed by atoms with Gasteiger partial charge in [0.15, 0.2) is 5.69 Å². The van der Waals surface area contributed by atoms with Crippen LogP contribution in [0, 0.1) is 5.82 Å². The van der Waals surface area contributed by atoms with Crippen LogP contribution in [0.15, 0.2) is 34.9 Å². The summed E-state index contributed by atoms with van der Waals surface area (Å²) in [5.74, 6) is -0.177. The summed E-state index contributed by atoms with van der Waals surface area (Å²) in [5, 5.41) is 5.89. The van der Waals surface area contributed by atoms with Crippen molar-refractivity contribution in [2.24, 2.45) is 0 Å². The molecule has 1 amide bonds. The number of benzene rings is 1. The molecule has 1 unspecified atom stereocenters. The van der Waals surface area contributed by atoms with E-state index in [1.54, 1.807) is 18.2 Å². The van der Waals surface area contributed by atoms with Gasteiger partial charge >= 0.3 is 0 Å². The third kappa shape index (κ3) is 3.11. The Kier molecular flexibility index (Phi) is 3.96. The van der Waals surface area contributed by atoms with Crippen LogP contribution >= 0.6 is 0 Å². The average molecular weight is 289 g/mol. The van der Waals surface area contributed by atoms with Crippen molar-refractivity contribution >= 4 is 5.91 Å². The van der Waals surface area contributed by atoms with Crippen LogP contribution in [0.25, 0.3) is 0 Å². The minimum Gasteiger partial charge on any atom is -0.446 e. The fourth-order valence-electron chi connectivity index (χ4n) is 2.36. The Balaban J connectivity index is 1.62. The van der Waals surface area contributed by atoms with E-state index in [1.165, 1.54) is 12.3 Å². The van der Waals surface area contributed by atoms with E-state index in [1.807, 2.05) is 0 Å². The zero-order chi connectivity index (χ0) is 14.7. The van der Waals surface area contributed by atoms with Gasteiger partial charge in [-0.1, -0.05) is 18.2 Å². The normalized spacial score (nSPS) is 17.9. The Morgan fingerprint density at radius 3 is 3.10 bits per heavy atom. The smallest absolute Gasteiger partial charge is 0.273 e. The molecule has 110 valence electrons. The van der Waals surface area contributed by atoms with Gasteiger partial charge in [-0.15, -0.1) is 0 Å². The quantitative estimate of drug-likeness (QED) is 0.905. The molecule has 21 heavy (non-hydrogen) atoms. The Morgan fingerprint density at radius 1 is 1.48 bits per heavy atom. The molecular weight excluding hydrogens is 273 g/mol. The molecule has 1 saturated heterocycles. The van der Waals surface area contributed by atoms with Crippen molar-refractivity contribution in [3.05, 3.63) is 53.5 Å². The molecule has 0 aliphatic carbocycles. The zero-order valence-corrected chi connectivity index (χ0v) is 11.4. The lowest BCUT2D eigenvalue weighted by atomic mass is 10.2. The molecule has 6 heteroatoms. The number of hydrogen-bond donors (Lipinski definition) is 2. The second-order valence-corrected chi connectivity index (χ2v) is 4.99. The molecule has 1 aliphatic rings. The van der Waals surface area contributed by atoms with Crippen LogP contribution in [0.3, 0.4) is 0 Å². The lowest BCUT2D eigenvalue weighted by molar-refractivity contribution is 0.0945. The summed E-state index contributed by atoms with van der Waals surface area (Å²) < 4.78 is 18.8. The second kappa shape index (κ2) is 6.05. The Bertz CT molecular complexity index is 635. The summed E-state index contributed by atoms with van der Waals surface area (Å²) in [5.41, 5.74) is 0.655. The van der Waals surface area contributed by atoms with E-state index >= 15 is 0 Å². The fraction of sp³-hybridized carbons (Fsp3) is 0.333. The number of hydrogen-bond acceptors (Lipinski definition) is 4. The number of carbonyl (C=O) groups is 1. The van der Waals surface area contributed by atoms with Crippen molar-refractivity contribution in [1.29, 1.82) is 0 Å². The Labute approximate surface area is 121 Å². The molecule has 0 bridgehead atoms. The van der Waals surface area contributed by atoms with Crippen LogP contribution in [0.2, 0.25) is 0 Å². The van der Waals surface area contributed by atoms with Crippen molar-refractivity contribution in [3.63, 3.8) is 0 Å². The average Bonchev–Trinajstić information content (AvgIpc) is 3.16. The summed E-state index contributed by atoms with van der Waals surface area (Å²) >= 11 is 0. The molecule has 0 radical (unpaired) electrons. The minimum absolute atomic E-state index is 0.0816. The number of aromatic nitrogens is 1. The maximum atomic E-state index is 13.5. The van der Waals surface area contributed by atoms with Gasteiger partial charge in [-0.25, -0.2) is 9.37 Å². The van der Waals surface area contributed by atoms with Crippen LogP contribution in [0.5, 0.6) is 0 Å². The number of rotatable bonds is 4. The van der Waals surface area contributed by atoms with E-state index in [-0.39, 0.29) is 30.0 Å². The number of oxazole rings is 1. The molecular formula is C15H16FN3O2. The van der Waals surface area contributed by atoms with Gasteiger partial charge in [0, 0.05) is 12.1 Å². The Morgan fingerprint density at radius 2 is 2.33 bits per heavy atom. The van der Waals surface area contributed by atoms with Crippen molar-refractivity contribution < 1.29 is 13.6 Å². The number of halogens is 1. The molecule has 0 spiro atoms. The van der Waals surface area contributed by atoms with Gasteiger partial charge in [0.05, 0.1) is 6.04 Å². The highest BCUT2D eigenvalue weighted by molar-refractivity contribution is 5.91. The topological polar surface area (TPSA) is 67.2 Å². The largest absolute Gasteiger partial charge is 0.446 e. The molecule has 2 heterocycles. The van der Waals surface area contributed by atoms with E-state index in [2.05, 4.69) is 15.6 Å². The predicted octanol–water partition coefficient (Wildman–Crippen LogP) is 2.17. The summed E-state index contributed by atoms with van der Waals surface area (Å²) in [6.07, 6.45) is 3.37. The molecule has 1 aromatic heterocycles. The summed E-state index contributed by atoms with van der Waals surface area (Å²) in [4.78, 5) is 16.2. The minimum atomic E-state index is -0.369. The SMILES string of the molecule is O=C(NCc1ccccc1F)c1coc(C2CCCN2)n1. The van der Waals surface area contributed by atoms with Crippen molar-refractivity contribution in [2.45, 2.75) is 25.4 Å². The first-order valence-electron chi connectivity index (χ1n) is 6.94. The molecule has 5 nitrogen and oxygen atoms in total. The lowest BCUT2D eigenvalue weighted by Crippen LogP contribution is -2.24. The molecule has 1 atom stereocenters. The lowest BCUT2D eigenvalue weighted by Gasteiger charge is -2.04. The van der Waals surface area contributed by atoms with Gasteiger partial charge in [-0.3, -0.25) is 4.79 Å². The van der Waals surface area contributed by atoms with Crippen molar-refractivity contribution in [1.82, 2.24) is 15.6 Å². The second-order valence-electron chi connectivity index (χ2n) is 4.99. The van der Waals surface area contributed by atoms with Gasteiger partial charge in [0.1, 0.15) is 12.1 Å². The maximum Gasteiger partial charge on any atom is 0.273 e. The summed E-state index contributed by atoms with van der Waals surface area (Å²) in [6, 6.07) is 6.41. The molecule has 3 rings (SSSR count). The van der Waals surface area contributed by atoms with Crippen LogP contribution in [-0.2, 0) is 6.54 Å². The predicted molar refractivity (Wildman–Crippen MR) is 74.1 cm³/mol. The third-order valence-corrected chi connectivity index (χ3v) is 3.51. The number of carbonyl (C=O) groups excluding carboxylic acids is 1. The van der Waals surface area contributed by atoms with Crippen molar-refractivity contribution in [2.75, 3.05) is 6.54 Å². The van der Waals surface area contributed by atoms with E-state index in [9.17, 15) is 9.18 Å². The van der Waals surface area contributed by atoms with Gasteiger partial charge in [0.2, 0.25) is 5.89 Å². The Hall–Kier alpha value is -2.21. The van der Waals surface area contributed by atoms with Gasteiger partial charge in [-0.05, 0) is 25.5 Å². The molecule has 1 fully saturated rings. The molecule has 1 aliphatic heterocycles. The highest BCUT2D eigenvalue weighted by Gasteiger charge is 2.22. The number of nitrogens with zero attached hydrogens (tertiary/aromatic N) is 1. The molecule has 2 N–H and O–H groups in total. The standard InChI is InChI=1S/C15H16FN3O2/c16-11-5-2-1-4-10(11)8-18-14(20)13-9-21-15(19-13)12-6-3-7-17-12/h1-2,4-5,9,12,17H,3,6-8H2,(H,18,20). The first kappa shape index (κ1) is 13.8.